The number of halogens is 2. The van der Waals surface area contributed by atoms with Gasteiger partial charge in [-0.25, -0.2) is 9.37 Å². The largest absolute Gasteiger partial charge is 0.444 e. The maximum Gasteiger partial charge on any atom is 0.226 e. The topological polar surface area (TPSA) is 53.7 Å². The highest BCUT2D eigenvalue weighted by atomic mass is 127. The Morgan fingerprint density at radius 1 is 1.37 bits per heavy atom. The Kier molecular flexibility index (Phi) is 7.96. The lowest BCUT2D eigenvalue weighted by Crippen LogP contribution is -2.51. The molecule has 0 aliphatic carbocycles. The first-order valence-electron chi connectivity index (χ1n) is 8.77. The van der Waals surface area contributed by atoms with E-state index in [1.165, 1.54) is 12.1 Å². The van der Waals surface area contributed by atoms with Gasteiger partial charge in [0.25, 0.3) is 0 Å². The van der Waals surface area contributed by atoms with Gasteiger partial charge in [0.15, 0.2) is 5.96 Å². The second kappa shape index (κ2) is 9.77. The molecule has 2 aromatic rings. The van der Waals surface area contributed by atoms with Crippen LogP contribution in [-0.4, -0.2) is 53.0 Å². The van der Waals surface area contributed by atoms with Crippen LogP contribution >= 0.6 is 35.7 Å². The van der Waals surface area contributed by atoms with Crippen LogP contribution in [0.4, 0.5) is 4.39 Å². The van der Waals surface area contributed by atoms with Gasteiger partial charge in [0.05, 0.1) is 5.69 Å². The van der Waals surface area contributed by atoms with Gasteiger partial charge in [-0.05, 0) is 38.1 Å². The third-order valence-electron chi connectivity index (χ3n) is 4.24. The number of guanidine groups is 1. The summed E-state index contributed by atoms with van der Waals surface area (Å²) >= 11 is 2.00. The van der Waals surface area contributed by atoms with Crippen molar-refractivity contribution in [1.29, 1.82) is 0 Å². The quantitative estimate of drug-likeness (QED) is 0.387. The zero-order chi connectivity index (χ0) is 18.6. The van der Waals surface area contributed by atoms with E-state index in [1.54, 1.807) is 18.4 Å². The molecule has 2 heterocycles. The number of aliphatic imine (C=N–C) groups is 1. The molecule has 1 saturated heterocycles. The van der Waals surface area contributed by atoms with Crippen LogP contribution in [-0.2, 0) is 6.42 Å². The molecular weight excluding hydrogens is 478 g/mol. The molecule has 0 unspecified atom stereocenters. The molecule has 1 N–H and O–H groups in total. The highest BCUT2D eigenvalue weighted by Gasteiger charge is 2.28. The summed E-state index contributed by atoms with van der Waals surface area (Å²) < 4.78 is 18.8. The van der Waals surface area contributed by atoms with Crippen LogP contribution in [0.15, 0.2) is 39.9 Å². The average Bonchev–Trinajstić information content (AvgIpc) is 3.07. The zero-order valence-electron chi connectivity index (χ0n) is 15.9. The number of nitrogens with one attached hydrogen (secondary N) is 1. The summed E-state index contributed by atoms with van der Waals surface area (Å²) in [4.78, 5) is 11.2. The summed E-state index contributed by atoms with van der Waals surface area (Å²) in [6.07, 6.45) is 2.39. The standard InChI is InChI=1S/C19H25FN4OS.HI/c1-19(2)13-24(10-11-26-19)18(21-3)22-9-8-16-12-25-17(23-16)14-4-6-15(20)7-5-14;/h4-7,12H,8-11,13H2,1-3H3,(H,21,22);1H. The van der Waals surface area contributed by atoms with Gasteiger partial charge in [-0.15, -0.1) is 24.0 Å². The van der Waals surface area contributed by atoms with Crippen molar-refractivity contribution in [1.82, 2.24) is 15.2 Å². The van der Waals surface area contributed by atoms with Crippen molar-refractivity contribution in [3.05, 3.63) is 42.0 Å². The van der Waals surface area contributed by atoms with E-state index in [0.717, 1.165) is 49.0 Å². The minimum absolute atomic E-state index is 0. The van der Waals surface area contributed by atoms with E-state index in [9.17, 15) is 4.39 Å². The predicted molar refractivity (Wildman–Crippen MR) is 120 cm³/mol. The van der Waals surface area contributed by atoms with Gasteiger partial charge in [-0.3, -0.25) is 4.99 Å². The monoisotopic (exact) mass is 504 g/mol. The van der Waals surface area contributed by atoms with Gasteiger partial charge >= 0.3 is 0 Å². The maximum atomic E-state index is 13.0. The van der Waals surface area contributed by atoms with Gasteiger partial charge in [0.1, 0.15) is 12.1 Å². The summed E-state index contributed by atoms with van der Waals surface area (Å²) in [5, 5.41) is 3.42. The lowest BCUT2D eigenvalue weighted by Gasteiger charge is -2.39. The van der Waals surface area contributed by atoms with Crippen LogP contribution < -0.4 is 5.32 Å². The summed E-state index contributed by atoms with van der Waals surface area (Å²) in [5.41, 5.74) is 1.64. The Hall–Kier alpha value is -1.29. The lowest BCUT2D eigenvalue weighted by atomic mass is 10.2. The molecule has 8 heteroatoms. The van der Waals surface area contributed by atoms with E-state index >= 15 is 0 Å². The minimum atomic E-state index is -0.268. The summed E-state index contributed by atoms with van der Waals surface area (Å²) in [6, 6.07) is 6.15. The molecule has 0 amide bonds. The molecule has 5 nitrogen and oxygen atoms in total. The van der Waals surface area contributed by atoms with Crippen LogP contribution in [0.25, 0.3) is 11.5 Å². The molecule has 0 spiro atoms. The number of oxazole rings is 1. The summed E-state index contributed by atoms with van der Waals surface area (Å²) in [7, 11) is 1.82. The van der Waals surface area contributed by atoms with E-state index < -0.39 is 0 Å². The molecule has 27 heavy (non-hydrogen) atoms. The van der Waals surface area contributed by atoms with E-state index in [0.29, 0.717) is 5.89 Å². The zero-order valence-corrected chi connectivity index (χ0v) is 19.0. The third kappa shape index (κ3) is 6.10. The summed E-state index contributed by atoms with van der Waals surface area (Å²) in [5.74, 6) is 2.29. The number of hydrogen-bond acceptors (Lipinski definition) is 4. The smallest absolute Gasteiger partial charge is 0.226 e. The normalized spacial score (nSPS) is 16.7. The number of benzene rings is 1. The number of hydrogen-bond donors (Lipinski definition) is 1. The molecule has 1 aliphatic rings. The van der Waals surface area contributed by atoms with Crippen LogP contribution in [0.5, 0.6) is 0 Å². The molecule has 1 fully saturated rings. The van der Waals surface area contributed by atoms with Crippen molar-refractivity contribution in [2.45, 2.75) is 25.0 Å². The Balaban J connectivity index is 0.00000261. The van der Waals surface area contributed by atoms with Gasteiger partial charge in [0.2, 0.25) is 5.89 Å². The third-order valence-corrected chi connectivity index (χ3v) is 5.54. The van der Waals surface area contributed by atoms with E-state index in [-0.39, 0.29) is 34.5 Å². The SMILES string of the molecule is CN=C(NCCc1coc(-c2ccc(F)cc2)n1)N1CCSC(C)(C)C1.I. The van der Waals surface area contributed by atoms with E-state index in [2.05, 4.69) is 34.0 Å². The highest BCUT2D eigenvalue weighted by Crippen LogP contribution is 2.29. The molecule has 1 aromatic carbocycles. The predicted octanol–water partition coefficient (Wildman–Crippen LogP) is 4.04. The molecule has 0 atom stereocenters. The van der Waals surface area contributed by atoms with Crippen molar-refractivity contribution < 1.29 is 8.81 Å². The van der Waals surface area contributed by atoms with Crippen molar-refractivity contribution >= 4 is 41.7 Å². The molecule has 3 rings (SSSR count). The van der Waals surface area contributed by atoms with E-state index in [4.69, 9.17) is 4.42 Å². The Morgan fingerprint density at radius 3 is 2.78 bits per heavy atom. The number of rotatable bonds is 4. The number of aromatic nitrogens is 1. The van der Waals surface area contributed by atoms with Gasteiger partial charge < -0.3 is 14.6 Å². The van der Waals surface area contributed by atoms with Gasteiger partial charge in [-0.1, -0.05) is 0 Å². The second-order valence-electron chi connectivity index (χ2n) is 6.90. The van der Waals surface area contributed by atoms with Crippen LogP contribution in [0.1, 0.15) is 19.5 Å². The number of thioether (sulfide) groups is 1. The van der Waals surface area contributed by atoms with Crippen molar-refractivity contribution in [3.8, 4) is 11.5 Å². The second-order valence-corrected chi connectivity index (χ2v) is 8.71. The Morgan fingerprint density at radius 2 is 2.11 bits per heavy atom. The molecule has 148 valence electrons. The lowest BCUT2D eigenvalue weighted by molar-refractivity contribution is 0.376. The number of nitrogens with zero attached hydrogens (tertiary/aromatic N) is 3. The summed E-state index contributed by atoms with van der Waals surface area (Å²) in [6.45, 7) is 7.25. The first-order chi connectivity index (χ1) is 12.5. The van der Waals surface area contributed by atoms with Crippen LogP contribution in [0.3, 0.4) is 0 Å². The fourth-order valence-electron chi connectivity index (χ4n) is 2.98. The van der Waals surface area contributed by atoms with Crippen LogP contribution in [0, 0.1) is 5.82 Å². The molecule has 1 aromatic heterocycles. The van der Waals surface area contributed by atoms with Crippen molar-refractivity contribution in [3.63, 3.8) is 0 Å². The maximum absolute atomic E-state index is 13.0. The fourth-order valence-corrected chi connectivity index (χ4v) is 4.09. The highest BCUT2D eigenvalue weighted by molar-refractivity contribution is 14.0. The van der Waals surface area contributed by atoms with Crippen molar-refractivity contribution in [2.24, 2.45) is 4.99 Å². The van der Waals surface area contributed by atoms with E-state index in [1.807, 2.05) is 18.8 Å². The molecule has 0 radical (unpaired) electrons. The first-order valence-corrected chi connectivity index (χ1v) is 9.75. The minimum Gasteiger partial charge on any atom is -0.444 e. The van der Waals surface area contributed by atoms with Gasteiger partial charge in [0, 0.05) is 49.2 Å². The Bertz CT molecular complexity index is 763. The molecular formula is C19H26FIN4OS. The Labute approximate surface area is 181 Å². The fraction of sp³-hybridized carbons (Fsp3) is 0.474. The van der Waals surface area contributed by atoms with Crippen LogP contribution in [0.2, 0.25) is 0 Å². The molecule has 0 saturated carbocycles. The van der Waals surface area contributed by atoms with Crippen molar-refractivity contribution in [2.75, 3.05) is 32.4 Å². The van der Waals surface area contributed by atoms with Gasteiger partial charge in [-0.2, -0.15) is 11.8 Å². The molecule has 1 aliphatic heterocycles. The first kappa shape index (κ1) is 22.0. The average molecular weight is 504 g/mol. The molecule has 0 bridgehead atoms.